The Kier molecular flexibility index (Phi) is 26.0. The number of nitrogens with two attached hydrogens (primary N) is 4. The highest BCUT2D eigenvalue weighted by Crippen LogP contribution is 2.21. The molecule has 0 spiro atoms. The lowest BCUT2D eigenvalue weighted by Gasteiger charge is -2.31. The fraction of sp³-hybridized carbons (Fsp3) is 0.569. The van der Waals surface area contributed by atoms with Crippen molar-refractivity contribution >= 4 is 59.2 Å². The number of carboxylic acid groups (broad SMARTS) is 2. The Balaban J connectivity index is 1.88. The number of carbonyl (C=O) groups excluding carboxylic acids is 7. The maximum atomic E-state index is 14.5. The standard InChI is InChI=1S/C51H78N12O11/c1-5-31(4)42(48(71)61-37(26-30(2)3)44(67)59-39(29-41(64)65)45(68)58-36(50(73)74)20-12-13-23-52)62-46(69)38(28-33-18-10-7-11-19-33)60-47(70)40-22-15-25-63(40)49(72)35(21-14-24-56-51(54)55)57-43(66)34(53)27-32-16-8-6-9-17-32/h6-11,16-19,30-31,34-40,42H,5,12-15,20-29,52-53H2,1-4H3,(H,57,66)(H,58,68)(H,59,67)(H,60,70)(H,61,71)(H,62,69)(H,64,65)(H,73,74)(H4,54,55,56)/t31-,34-,35-,36-,37-,38-,39-,40-,42-/m0/s1. The van der Waals surface area contributed by atoms with Gasteiger partial charge in [0.2, 0.25) is 41.4 Å². The van der Waals surface area contributed by atoms with E-state index in [1.54, 1.807) is 58.0 Å². The molecule has 0 bridgehead atoms. The zero-order valence-corrected chi connectivity index (χ0v) is 42.9. The largest absolute Gasteiger partial charge is 0.481 e. The molecule has 0 aromatic heterocycles. The molecule has 23 heteroatoms. The van der Waals surface area contributed by atoms with Crippen molar-refractivity contribution in [1.82, 2.24) is 36.8 Å². The third-order valence-corrected chi connectivity index (χ3v) is 12.7. The molecule has 2 aromatic rings. The number of rotatable bonds is 32. The first-order valence-electron chi connectivity index (χ1n) is 25.3. The molecule has 0 radical (unpaired) electrons. The molecule has 2 aromatic carbocycles. The Morgan fingerprint density at radius 2 is 1.23 bits per heavy atom. The van der Waals surface area contributed by atoms with Crippen molar-refractivity contribution in [1.29, 1.82) is 0 Å². The summed E-state index contributed by atoms with van der Waals surface area (Å²) in [6.45, 7) is 7.65. The van der Waals surface area contributed by atoms with Gasteiger partial charge in [-0.05, 0) is 87.3 Å². The van der Waals surface area contributed by atoms with Crippen LogP contribution in [0.4, 0.5) is 0 Å². The quantitative estimate of drug-likeness (QED) is 0.0251. The second-order valence-corrected chi connectivity index (χ2v) is 19.2. The van der Waals surface area contributed by atoms with Gasteiger partial charge in [0.1, 0.15) is 42.3 Å². The highest BCUT2D eigenvalue weighted by molar-refractivity contribution is 5.98. The molecule has 1 heterocycles. The van der Waals surface area contributed by atoms with Crippen LogP contribution in [-0.4, -0.2) is 142 Å². The van der Waals surface area contributed by atoms with E-state index in [9.17, 15) is 53.4 Å². The molecule has 9 atom stereocenters. The van der Waals surface area contributed by atoms with Crippen LogP contribution in [0.3, 0.4) is 0 Å². The first-order valence-corrected chi connectivity index (χ1v) is 25.3. The van der Waals surface area contributed by atoms with Crippen molar-refractivity contribution in [3.8, 4) is 0 Å². The smallest absolute Gasteiger partial charge is 0.326 e. The zero-order valence-electron chi connectivity index (χ0n) is 42.9. The summed E-state index contributed by atoms with van der Waals surface area (Å²) < 4.78 is 0. The lowest BCUT2D eigenvalue weighted by atomic mass is 9.95. The van der Waals surface area contributed by atoms with Crippen molar-refractivity contribution in [2.75, 3.05) is 19.6 Å². The molecule has 16 N–H and O–H groups in total. The number of aliphatic carboxylic acids is 2. The number of carboxylic acids is 2. The first-order chi connectivity index (χ1) is 35.1. The minimum Gasteiger partial charge on any atom is -0.481 e. The van der Waals surface area contributed by atoms with Gasteiger partial charge in [-0.1, -0.05) is 94.8 Å². The summed E-state index contributed by atoms with van der Waals surface area (Å²) in [7, 11) is 0. The molecule has 0 unspecified atom stereocenters. The summed E-state index contributed by atoms with van der Waals surface area (Å²) in [4.78, 5) is 127. The zero-order chi connectivity index (χ0) is 54.9. The number of benzene rings is 2. The minimum atomic E-state index is -1.72. The number of aliphatic imine (C=N–C) groups is 1. The number of guanidine groups is 1. The van der Waals surface area contributed by atoms with Gasteiger partial charge in [-0.15, -0.1) is 0 Å². The normalized spacial score (nSPS) is 16.4. The maximum absolute atomic E-state index is 14.5. The Hall–Kier alpha value is -7.14. The van der Waals surface area contributed by atoms with Crippen LogP contribution in [0.25, 0.3) is 0 Å². The van der Waals surface area contributed by atoms with Crippen molar-refractivity contribution in [2.24, 2.45) is 39.8 Å². The van der Waals surface area contributed by atoms with Crippen LogP contribution in [-0.2, 0) is 56.0 Å². The van der Waals surface area contributed by atoms with Gasteiger partial charge < -0.3 is 69.9 Å². The van der Waals surface area contributed by atoms with Crippen LogP contribution in [0.5, 0.6) is 0 Å². The van der Waals surface area contributed by atoms with E-state index < -0.39 is 114 Å². The Morgan fingerprint density at radius 3 is 1.80 bits per heavy atom. The topological polar surface area (TPSA) is 386 Å². The van der Waals surface area contributed by atoms with Gasteiger partial charge in [0, 0.05) is 19.5 Å². The lowest BCUT2D eigenvalue weighted by Crippen LogP contribution is -2.61. The molecule has 7 amide bonds. The third kappa shape index (κ3) is 20.8. The van der Waals surface area contributed by atoms with Crippen LogP contribution < -0.4 is 54.8 Å². The number of hydrogen-bond acceptors (Lipinski definition) is 12. The van der Waals surface area contributed by atoms with Crippen LogP contribution in [0, 0.1) is 11.8 Å². The summed E-state index contributed by atoms with van der Waals surface area (Å²) in [5, 5.41) is 35.1. The van der Waals surface area contributed by atoms with Gasteiger partial charge in [0.05, 0.1) is 12.5 Å². The molecule has 408 valence electrons. The van der Waals surface area contributed by atoms with Crippen molar-refractivity contribution < 1.29 is 53.4 Å². The third-order valence-electron chi connectivity index (χ3n) is 12.7. The fourth-order valence-electron chi connectivity index (χ4n) is 8.43. The number of unbranched alkanes of at least 4 members (excludes halogenated alkanes) is 1. The molecule has 1 aliphatic heterocycles. The van der Waals surface area contributed by atoms with E-state index in [1.807, 2.05) is 30.3 Å². The van der Waals surface area contributed by atoms with E-state index in [1.165, 1.54) is 4.90 Å². The van der Waals surface area contributed by atoms with E-state index >= 15 is 0 Å². The predicted octanol–water partition coefficient (Wildman–Crippen LogP) is -0.467. The minimum absolute atomic E-state index is 0.00641. The summed E-state index contributed by atoms with van der Waals surface area (Å²) in [5.41, 5.74) is 24.3. The number of nitrogens with zero attached hydrogens (tertiary/aromatic N) is 2. The monoisotopic (exact) mass is 1030 g/mol. The van der Waals surface area contributed by atoms with E-state index in [-0.39, 0.29) is 63.5 Å². The summed E-state index contributed by atoms with van der Waals surface area (Å²) >= 11 is 0. The summed E-state index contributed by atoms with van der Waals surface area (Å²) in [6.07, 6.45) is 1.59. The Bertz CT molecular complexity index is 2210. The molecule has 74 heavy (non-hydrogen) atoms. The van der Waals surface area contributed by atoms with Crippen LogP contribution in [0.15, 0.2) is 65.7 Å². The Morgan fingerprint density at radius 1 is 0.676 bits per heavy atom. The number of hydrogen-bond donors (Lipinski definition) is 12. The van der Waals surface area contributed by atoms with Crippen LogP contribution >= 0.6 is 0 Å². The Labute approximate surface area is 432 Å². The van der Waals surface area contributed by atoms with Crippen molar-refractivity contribution in [2.45, 2.75) is 153 Å². The van der Waals surface area contributed by atoms with Gasteiger partial charge in [0.25, 0.3) is 0 Å². The fourth-order valence-corrected chi connectivity index (χ4v) is 8.43. The number of nitrogens with one attached hydrogen (secondary N) is 6. The first kappa shape index (κ1) is 61.2. The lowest BCUT2D eigenvalue weighted by molar-refractivity contribution is -0.144. The van der Waals surface area contributed by atoms with E-state index in [0.717, 1.165) is 5.56 Å². The van der Waals surface area contributed by atoms with Crippen LogP contribution in [0.2, 0.25) is 0 Å². The molecule has 0 saturated carbocycles. The van der Waals surface area contributed by atoms with E-state index in [2.05, 4.69) is 36.9 Å². The highest BCUT2D eigenvalue weighted by Gasteiger charge is 2.40. The average Bonchev–Trinajstić information content (AvgIpc) is 3.86. The second-order valence-electron chi connectivity index (χ2n) is 19.2. The summed E-state index contributed by atoms with van der Waals surface area (Å²) in [6, 6.07) is 7.77. The van der Waals surface area contributed by atoms with Crippen molar-refractivity contribution in [3.63, 3.8) is 0 Å². The molecule has 1 aliphatic rings. The number of carbonyl (C=O) groups is 9. The van der Waals surface area contributed by atoms with Crippen molar-refractivity contribution in [3.05, 3.63) is 71.8 Å². The second kappa shape index (κ2) is 31.4. The molecular weight excluding hydrogens is 957 g/mol. The SMILES string of the molecule is CC[C@H](C)[C@H](NC(=O)[C@H](Cc1ccccc1)NC(=O)[C@@H]1CCCN1C(=O)[C@H](CCCN=C(N)N)NC(=O)[C@@H](N)Cc1ccccc1)C(=O)N[C@@H](CC(C)C)C(=O)N[C@@H](CC(=O)O)C(=O)N[C@@H](CCCCN)C(=O)O. The molecule has 1 saturated heterocycles. The van der Waals surface area contributed by atoms with Crippen LogP contribution in [0.1, 0.15) is 103 Å². The van der Waals surface area contributed by atoms with Gasteiger partial charge >= 0.3 is 11.9 Å². The number of likely N-dealkylation sites (tertiary alicyclic amines) is 1. The average molecular weight is 1040 g/mol. The van der Waals surface area contributed by atoms with Gasteiger partial charge in [-0.25, -0.2) is 4.79 Å². The highest BCUT2D eigenvalue weighted by atomic mass is 16.4. The number of amides is 7. The maximum Gasteiger partial charge on any atom is 0.326 e. The summed E-state index contributed by atoms with van der Waals surface area (Å²) in [5.74, 6) is -9.01. The van der Waals surface area contributed by atoms with Gasteiger partial charge in [-0.3, -0.25) is 43.3 Å². The predicted molar refractivity (Wildman–Crippen MR) is 276 cm³/mol. The molecule has 3 rings (SSSR count). The molecule has 1 fully saturated rings. The van der Waals surface area contributed by atoms with E-state index in [0.29, 0.717) is 44.2 Å². The van der Waals surface area contributed by atoms with E-state index in [4.69, 9.17) is 22.9 Å². The van der Waals surface area contributed by atoms with Gasteiger partial charge in [0.15, 0.2) is 5.96 Å². The molecule has 0 aliphatic carbocycles. The molecular formula is C51H78N12O11. The van der Waals surface area contributed by atoms with Gasteiger partial charge in [-0.2, -0.15) is 0 Å². The molecule has 23 nitrogen and oxygen atoms in total.